The topological polar surface area (TPSA) is 231 Å². The van der Waals surface area contributed by atoms with E-state index in [1.54, 1.807) is 0 Å². The molecule has 4 N–H and O–H groups in total. The van der Waals surface area contributed by atoms with E-state index in [4.69, 9.17) is 32.3 Å². The average molecular weight is 1560 g/mol. The maximum Gasteiger partial charge on any atom is 0.472 e. The maximum absolute atomic E-state index is 13.0. The summed E-state index contributed by atoms with van der Waals surface area (Å²) in [5.74, 6) is -1.69. The van der Waals surface area contributed by atoms with Gasteiger partial charge in [0.25, 0.3) is 0 Å². The van der Waals surface area contributed by atoms with Gasteiger partial charge in [-0.2, -0.15) is 0 Å². The molecule has 0 aromatic heterocycles. The molecule has 0 saturated carbocycles. The summed E-state index contributed by atoms with van der Waals surface area (Å²) in [4.78, 5) is 58.8. The second-order valence-corrected chi connectivity index (χ2v) is 30.4. The maximum atomic E-state index is 13.0. The third-order valence-electron chi connectivity index (χ3n) is 17.1. The molecular weight excluding hydrogens is 1410 g/mol. The zero-order valence-electron chi connectivity index (χ0n) is 67.9. The third-order valence-corrected chi connectivity index (χ3v) is 19.0. The number of phosphoric ester groups is 2. The molecule has 0 aliphatic rings. The number of rotatable bonds is 78. The summed E-state index contributed by atoms with van der Waals surface area (Å²) in [6.07, 6.45) is 107. The Hall–Kier alpha value is -5.35. The van der Waals surface area contributed by atoms with Crippen molar-refractivity contribution in [1.29, 1.82) is 0 Å². The van der Waals surface area contributed by atoms with Crippen LogP contribution in [-0.2, 0) is 55.8 Å². The first-order chi connectivity index (χ1) is 53.2. The van der Waals surface area contributed by atoms with E-state index < -0.39 is 91.5 Å². The fourth-order valence-electron chi connectivity index (χ4n) is 10.8. The second-order valence-electron chi connectivity index (χ2n) is 27.5. The van der Waals surface area contributed by atoms with Gasteiger partial charge in [-0.05, 0) is 148 Å². The lowest BCUT2D eigenvalue weighted by atomic mass is 10.0. The molecule has 109 heavy (non-hydrogen) atoms. The van der Waals surface area contributed by atoms with Gasteiger partial charge < -0.3 is 34.2 Å². The highest BCUT2D eigenvalue weighted by Gasteiger charge is 2.29. The van der Waals surface area contributed by atoms with Crippen LogP contribution in [0.15, 0.2) is 182 Å². The van der Waals surface area contributed by atoms with Crippen LogP contribution in [0.5, 0.6) is 0 Å². The number of aliphatic hydroxyl groups excluding tert-OH is 2. The van der Waals surface area contributed by atoms with Gasteiger partial charge in [0.2, 0.25) is 0 Å². The standard InChI is InChI=1S/C91H150O16P2/c1-4-7-10-13-16-19-22-25-28-31-34-36-38-39-40-41-42-43-44-45-47-49-51-53-56-59-62-65-68-71-74-77-89(94)101-80-86(92)81-103-108(97,98)104-82-87(93)83-105-109(99,100)106-85-88(107-91(96)79-76-73-70-67-64-61-58-55-50-33-30-27-24-21-18-15-12-9-6-3)84-102-90(95)78-75-72-69-66-63-60-57-54-52-48-46-37-35-32-29-26-23-20-17-14-11-8-5-2/h7,9-10,12,16-21,25-30,34-37,39-40,48,50,52,55,61,64,70,73,86-88,92-93H,4-6,8,11,13-15,22-24,31-33,38,41-47,49,51,53-54,56-60,62-63,65-69,71-72,74-85H2,1-3H3,(H,97,98)(H,99,100)/b10-7-,12-9-,19-16-,20-17-,21-18-,28-25-,29-26-,30-27-,36-34-,37-35-,40-39-,52-48-,55-50-,64-61-,73-70-. The summed E-state index contributed by atoms with van der Waals surface area (Å²) in [7, 11) is -9.84. The van der Waals surface area contributed by atoms with E-state index in [9.17, 15) is 43.5 Å². The lowest BCUT2D eigenvalue weighted by Crippen LogP contribution is -2.29. The molecule has 0 amide bonds. The van der Waals surface area contributed by atoms with Crippen molar-refractivity contribution in [2.24, 2.45) is 0 Å². The van der Waals surface area contributed by atoms with E-state index in [2.05, 4.69) is 185 Å². The first-order valence-corrected chi connectivity index (χ1v) is 45.1. The van der Waals surface area contributed by atoms with Crippen molar-refractivity contribution in [2.75, 3.05) is 39.6 Å². The molecule has 620 valence electrons. The van der Waals surface area contributed by atoms with Gasteiger partial charge in [-0.15, -0.1) is 0 Å². The molecule has 0 radical (unpaired) electrons. The normalized spacial score (nSPS) is 14.8. The van der Waals surface area contributed by atoms with E-state index in [-0.39, 0.29) is 19.3 Å². The van der Waals surface area contributed by atoms with Crippen LogP contribution >= 0.6 is 15.6 Å². The molecule has 0 aromatic rings. The molecule has 0 aromatic carbocycles. The van der Waals surface area contributed by atoms with Crippen molar-refractivity contribution < 1.29 is 75.8 Å². The Morgan fingerprint density at radius 1 is 0.266 bits per heavy atom. The van der Waals surface area contributed by atoms with Gasteiger partial charge in [-0.3, -0.25) is 32.5 Å². The summed E-state index contributed by atoms with van der Waals surface area (Å²) in [5, 5.41) is 20.7. The first kappa shape index (κ1) is 104. The number of phosphoric acid groups is 2. The van der Waals surface area contributed by atoms with Crippen molar-refractivity contribution >= 4 is 33.6 Å². The van der Waals surface area contributed by atoms with E-state index in [0.717, 1.165) is 148 Å². The van der Waals surface area contributed by atoms with Crippen LogP contribution in [0.2, 0.25) is 0 Å². The minimum atomic E-state index is -4.96. The Morgan fingerprint density at radius 2 is 0.505 bits per heavy atom. The Morgan fingerprint density at radius 3 is 0.807 bits per heavy atom. The highest BCUT2D eigenvalue weighted by atomic mass is 31.2. The van der Waals surface area contributed by atoms with Gasteiger partial charge in [0.1, 0.15) is 25.4 Å². The van der Waals surface area contributed by atoms with Crippen LogP contribution < -0.4 is 0 Å². The Kier molecular flexibility index (Phi) is 78.1. The SMILES string of the molecule is CC/C=C\C/C=C\C/C=C\C/C=C\C/C=C\C/C=C\CCC(=O)OC(COC(=O)CCCCCCCCC/C=C\C/C=C\C/C=C\C/C=C\CCCCC)COP(=O)(O)OCC(O)COP(=O)(O)OCC(O)COC(=O)CCCCCCCCCCCCCCCCC/C=C\C/C=C\C/C=C\C/C=C\C/C=C\CC. The number of hydrogen-bond acceptors (Lipinski definition) is 14. The fourth-order valence-corrected chi connectivity index (χ4v) is 12.4. The molecule has 0 saturated heterocycles. The Labute approximate surface area is 662 Å². The summed E-state index contributed by atoms with van der Waals surface area (Å²) < 4.78 is 61.2. The van der Waals surface area contributed by atoms with Crippen LogP contribution in [0.25, 0.3) is 0 Å². The molecule has 0 bridgehead atoms. The third kappa shape index (κ3) is 83.4. The molecule has 5 unspecified atom stereocenters. The minimum Gasteiger partial charge on any atom is -0.463 e. The predicted octanol–water partition coefficient (Wildman–Crippen LogP) is 25.3. The number of unbranched alkanes of at least 4 members (excludes halogenated alkanes) is 25. The van der Waals surface area contributed by atoms with Gasteiger partial charge in [0.05, 0.1) is 26.4 Å². The summed E-state index contributed by atoms with van der Waals surface area (Å²) >= 11 is 0. The molecule has 16 nitrogen and oxygen atoms in total. The van der Waals surface area contributed by atoms with Crippen LogP contribution in [0, 0.1) is 0 Å². The quantitative estimate of drug-likeness (QED) is 0.0146. The number of carbonyl (C=O) groups is 3. The molecule has 5 atom stereocenters. The van der Waals surface area contributed by atoms with Crippen LogP contribution in [0.4, 0.5) is 0 Å². The second kappa shape index (κ2) is 82.1. The first-order valence-electron chi connectivity index (χ1n) is 42.1. The number of aliphatic hydroxyl groups is 2. The van der Waals surface area contributed by atoms with E-state index in [0.29, 0.717) is 25.7 Å². The van der Waals surface area contributed by atoms with Crippen LogP contribution in [-0.4, -0.2) is 95.9 Å². The highest BCUT2D eigenvalue weighted by Crippen LogP contribution is 2.45. The summed E-state index contributed by atoms with van der Waals surface area (Å²) in [6, 6.07) is 0. The minimum absolute atomic E-state index is 0.0292. The van der Waals surface area contributed by atoms with Gasteiger partial charge in [-0.25, -0.2) is 9.13 Å². The van der Waals surface area contributed by atoms with Gasteiger partial charge >= 0.3 is 33.6 Å². The predicted molar refractivity (Wildman–Crippen MR) is 454 cm³/mol. The van der Waals surface area contributed by atoms with Crippen molar-refractivity contribution in [1.82, 2.24) is 0 Å². The van der Waals surface area contributed by atoms with E-state index in [1.165, 1.54) is 103 Å². The number of allylic oxidation sites excluding steroid dienone is 30. The number of esters is 3. The van der Waals surface area contributed by atoms with E-state index >= 15 is 0 Å². The Balaban J connectivity index is 4.62. The Bertz CT molecular complexity index is 2710. The lowest BCUT2D eigenvalue weighted by molar-refractivity contribution is -0.161. The van der Waals surface area contributed by atoms with Gasteiger partial charge in [0.15, 0.2) is 6.10 Å². The van der Waals surface area contributed by atoms with E-state index in [1.807, 2.05) is 18.2 Å². The van der Waals surface area contributed by atoms with Crippen molar-refractivity contribution in [3.05, 3.63) is 182 Å². The molecule has 18 heteroatoms. The van der Waals surface area contributed by atoms with Crippen molar-refractivity contribution in [3.63, 3.8) is 0 Å². The molecule has 0 spiro atoms. The zero-order valence-corrected chi connectivity index (χ0v) is 69.7. The smallest absolute Gasteiger partial charge is 0.463 e. The lowest BCUT2D eigenvalue weighted by Gasteiger charge is -2.21. The van der Waals surface area contributed by atoms with Crippen molar-refractivity contribution in [2.45, 2.75) is 334 Å². The average Bonchev–Trinajstić information content (AvgIpc) is 0.903. The number of carbonyl (C=O) groups excluding carboxylic acids is 3. The molecule has 0 fully saturated rings. The van der Waals surface area contributed by atoms with Crippen LogP contribution in [0.3, 0.4) is 0 Å². The molecule has 0 rings (SSSR count). The van der Waals surface area contributed by atoms with Crippen molar-refractivity contribution in [3.8, 4) is 0 Å². The summed E-state index contributed by atoms with van der Waals surface area (Å²) in [6.45, 7) is 2.33. The molecule has 0 aliphatic heterocycles. The highest BCUT2D eigenvalue weighted by molar-refractivity contribution is 7.47. The van der Waals surface area contributed by atoms with Crippen LogP contribution in [0.1, 0.15) is 316 Å². The summed E-state index contributed by atoms with van der Waals surface area (Å²) in [5.41, 5.74) is 0. The fraction of sp³-hybridized carbons (Fsp3) is 0.637. The monoisotopic (exact) mass is 1560 g/mol. The van der Waals surface area contributed by atoms with Gasteiger partial charge in [-0.1, -0.05) is 331 Å². The molecular formula is C91H150O16P2. The zero-order chi connectivity index (χ0) is 79.4. The number of ether oxygens (including phenoxy) is 3. The number of hydrogen-bond donors (Lipinski definition) is 4. The van der Waals surface area contributed by atoms with Gasteiger partial charge in [0, 0.05) is 19.3 Å². The largest absolute Gasteiger partial charge is 0.472 e. The molecule has 0 aliphatic carbocycles. The molecule has 0 heterocycles.